The van der Waals surface area contributed by atoms with Crippen LogP contribution in [0.25, 0.3) is 11.1 Å². The summed E-state index contributed by atoms with van der Waals surface area (Å²) in [4.78, 5) is 24.1. The molecule has 1 unspecified atom stereocenters. The van der Waals surface area contributed by atoms with Gasteiger partial charge in [-0.1, -0.05) is 30.7 Å². The molecule has 0 bridgehead atoms. The highest BCUT2D eigenvalue weighted by Gasteiger charge is 2.15. The molecule has 0 fully saturated rings. The van der Waals surface area contributed by atoms with Gasteiger partial charge >= 0.3 is 5.69 Å². The van der Waals surface area contributed by atoms with Crippen LogP contribution in [0.3, 0.4) is 0 Å². The average Bonchev–Trinajstić information content (AvgIpc) is 3.06. The maximum absolute atomic E-state index is 12.5. The number of carbonyl (C=O) groups is 1. The van der Waals surface area contributed by atoms with E-state index in [0.717, 1.165) is 23.1 Å². The molecule has 1 amide bonds. The number of aromatic amines is 1. The van der Waals surface area contributed by atoms with E-state index >= 15 is 0 Å². The molecule has 0 radical (unpaired) electrons. The van der Waals surface area contributed by atoms with E-state index in [0.29, 0.717) is 22.2 Å². The quantitative estimate of drug-likeness (QED) is 0.598. The Morgan fingerprint density at radius 2 is 2.10 bits per heavy atom. The summed E-state index contributed by atoms with van der Waals surface area (Å²) in [6.45, 7) is 5.99. The average molecular weight is 429 g/mol. The molecule has 3 rings (SSSR count). The second-order valence-electron chi connectivity index (χ2n) is 7.25. The fraction of sp³-hybridized carbons (Fsp3) is 0.318. The largest absolute Gasteiger partial charge is 0.485 e. The second kappa shape index (κ2) is 9.17. The standard InChI is InChI=1S/C22H25ClN4O3/c1-5-14(3)24-21(28)16-8-6-7-15(10-16)17-11-18(23)13(2)9-19(17)30-12-20-25-26-22(29)27(20)4/h6-11,14H,5,12H2,1-4H3,(H,24,28)(H,26,29). The van der Waals surface area contributed by atoms with Crippen LogP contribution < -0.4 is 15.7 Å². The van der Waals surface area contributed by atoms with Crippen molar-refractivity contribution >= 4 is 17.5 Å². The Labute approximate surface area is 180 Å². The Morgan fingerprint density at radius 3 is 2.77 bits per heavy atom. The van der Waals surface area contributed by atoms with Crippen molar-refractivity contribution in [1.29, 1.82) is 0 Å². The van der Waals surface area contributed by atoms with Crippen molar-refractivity contribution in [2.45, 2.75) is 39.8 Å². The zero-order valence-electron chi connectivity index (χ0n) is 17.5. The number of amides is 1. The molecule has 158 valence electrons. The molecule has 2 N–H and O–H groups in total. The topological polar surface area (TPSA) is 89.0 Å². The first-order valence-electron chi connectivity index (χ1n) is 9.74. The first-order chi connectivity index (χ1) is 14.3. The minimum absolute atomic E-state index is 0.0920. The van der Waals surface area contributed by atoms with E-state index in [4.69, 9.17) is 16.3 Å². The fourth-order valence-electron chi connectivity index (χ4n) is 2.89. The van der Waals surface area contributed by atoms with Gasteiger partial charge in [0.05, 0.1) is 0 Å². The van der Waals surface area contributed by atoms with Gasteiger partial charge in [0.1, 0.15) is 12.4 Å². The smallest absolute Gasteiger partial charge is 0.343 e. The molecule has 2 aromatic carbocycles. The van der Waals surface area contributed by atoms with E-state index < -0.39 is 0 Å². The van der Waals surface area contributed by atoms with Gasteiger partial charge in [-0.2, -0.15) is 5.10 Å². The van der Waals surface area contributed by atoms with Crippen molar-refractivity contribution in [2.75, 3.05) is 0 Å². The summed E-state index contributed by atoms with van der Waals surface area (Å²) < 4.78 is 7.38. The van der Waals surface area contributed by atoms with E-state index in [1.165, 1.54) is 4.57 Å². The minimum atomic E-state index is -0.305. The van der Waals surface area contributed by atoms with Crippen molar-refractivity contribution in [1.82, 2.24) is 20.1 Å². The molecule has 0 aliphatic heterocycles. The number of halogens is 1. The summed E-state index contributed by atoms with van der Waals surface area (Å²) in [6, 6.07) is 11.1. The van der Waals surface area contributed by atoms with Gasteiger partial charge < -0.3 is 10.1 Å². The molecule has 0 spiro atoms. The van der Waals surface area contributed by atoms with Gasteiger partial charge in [0.25, 0.3) is 5.91 Å². The maximum Gasteiger partial charge on any atom is 0.343 e. The van der Waals surface area contributed by atoms with Crippen LogP contribution in [0.15, 0.2) is 41.2 Å². The third-order valence-corrected chi connectivity index (χ3v) is 5.42. The van der Waals surface area contributed by atoms with Crippen molar-refractivity contribution in [3.8, 4) is 16.9 Å². The van der Waals surface area contributed by atoms with Crippen molar-refractivity contribution in [3.63, 3.8) is 0 Å². The molecule has 30 heavy (non-hydrogen) atoms. The van der Waals surface area contributed by atoms with Crippen molar-refractivity contribution in [2.24, 2.45) is 7.05 Å². The summed E-state index contributed by atoms with van der Waals surface area (Å²) in [5.41, 5.74) is 2.67. The van der Waals surface area contributed by atoms with E-state index in [1.54, 1.807) is 13.1 Å². The van der Waals surface area contributed by atoms with Crippen LogP contribution in [-0.2, 0) is 13.7 Å². The molecule has 0 aliphatic carbocycles. The van der Waals surface area contributed by atoms with Gasteiger partial charge in [-0.3, -0.25) is 9.36 Å². The highest BCUT2D eigenvalue weighted by Crippen LogP contribution is 2.35. The predicted octanol–water partition coefficient (Wildman–Crippen LogP) is 3.84. The fourth-order valence-corrected chi connectivity index (χ4v) is 3.05. The molecule has 7 nitrogen and oxygen atoms in total. The lowest BCUT2D eigenvalue weighted by Crippen LogP contribution is -2.31. The summed E-state index contributed by atoms with van der Waals surface area (Å²) in [6.07, 6.45) is 0.854. The molecule has 1 heterocycles. The number of aryl methyl sites for hydroxylation is 1. The van der Waals surface area contributed by atoms with Crippen LogP contribution in [-0.4, -0.2) is 26.7 Å². The van der Waals surface area contributed by atoms with Crippen LogP contribution >= 0.6 is 11.6 Å². The molecular formula is C22H25ClN4O3. The molecular weight excluding hydrogens is 404 g/mol. The van der Waals surface area contributed by atoms with Crippen LogP contribution in [0.1, 0.15) is 42.0 Å². The zero-order valence-corrected chi connectivity index (χ0v) is 18.2. The number of ether oxygens (including phenoxy) is 1. The molecule has 1 atom stereocenters. The van der Waals surface area contributed by atoms with Gasteiger partial charge in [-0.05, 0) is 55.7 Å². The molecule has 0 aliphatic rings. The monoisotopic (exact) mass is 428 g/mol. The highest BCUT2D eigenvalue weighted by molar-refractivity contribution is 6.31. The van der Waals surface area contributed by atoms with Gasteiger partial charge in [0.2, 0.25) is 0 Å². The van der Waals surface area contributed by atoms with Crippen LogP contribution in [0, 0.1) is 6.92 Å². The van der Waals surface area contributed by atoms with Crippen LogP contribution in [0.5, 0.6) is 5.75 Å². The number of hydrogen-bond acceptors (Lipinski definition) is 4. The molecule has 3 aromatic rings. The Morgan fingerprint density at radius 1 is 1.33 bits per heavy atom. The van der Waals surface area contributed by atoms with Crippen LogP contribution in [0.4, 0.5) is 0 Å². The number of hydrogen-bond donors (Lipinski definition) is 2. The third kappa shape index (κ3) is 4.74. The third-order valence-electron chi connectivity index (χ3n) is 5.02. The lowest BCUT2D eigenvalue weighted by atomic mass is 10.00. The zero-order chi connectivity index (χ0) is 21.8. The Hall–Kier alpha value is -3.06. The molecule has 0 saturated carbocycles. The Kier molecular flexibility index (Phi) is 6.62. The summed E-state index contributed by atoms with van der Waals surface area (Å²) in [5.74, 6) is 0.936. The highest BCUT2D eigenvalue weighted by atomic mass is 35.5. The number of aromatic nitrogens is 3. The number of nitrogens with one attached hydrogen (secondary N) is 2. The minimum Gasteiger partial charge on any atom is -0.485 e. The van der Waals surface area contributed by atoms with Gasteiger partial charge in [0, 0.05) is 29.2 Å². The van der Waals surface area contributed by atoms with Crippen molar-refractivity contribution < 1.29 is 9.53 Å². The Balaban J connectivity index is 1.94. The maximum atomic E-state index is 12.5. The molecule has 1 aromatic heterocycles. The molecule has 0 saturated heterocycles. The van der Waals surface area contributed by atoms with E-state index in [-0.39, 0.29) is 24.2 Å². The predicted molar refractivity (Wildman–Crippen MR) is 117 cm³/mol. The lowest BCUT2D eigenvalue weighted by Gasteiger charge is -2.15. The SMILES string of the molecule is CCC(C)NC(=O)c1cccc(-c2cc(Cl)c(C)cc2OCc2n[nH]c(=O)n2C)c1. The first kappa shape index (κ1) is 21.6. The summed E-state index contributed by atoms with van der Waals surface area (Å²) in [7, 11) is 1.62. The van der Waals surface area contributed by atoms with Gasteiger partial charge in [-0.15, -0.1) is 0 Å². The normalized spacial score (nSPS) is 11.9. The van der Waals surface area contributed by atoms with E-state index in [9.17, 15) is 9.59 Å². The van der Waals surface area contributed by atoms with Gasteiger partial charge in [0.15, 0.2) is 5.82 Å². The number of H-pyrrole nitrogens is 1. The molecule has 8 heteroatoms. The van der Waals surface area contributed by atoms with Gasteiger partial charge in [-0.25, -0.2) is 9.89 Å². The lowest BCUT2D eigenvalue weighted by molar-refractivity contribution is 0.0939. The number of benzene rings is 2. The summed E-state index contributed by atoms with van der Waals surface area (Å²) >= 11 is 6.37. The number of nitrogens with zero attached hydrogens (tertiary/aromatic N) is 2. The second-order valence-corrected chi connectivity index (χ2v) is 7.66. The van der Waals surface area contributed by atoms with Crippen molar-refractivity contribution in [3.05, 3.63) is 68.9 Å². The Bertz CT molecular complexity index is 1120. The number of carbonyl (C=O) groups excluding carboxylic acids is 1. The summed E-state index contributed by atoms with van der Waals surface area (Å²) in [5, 5.41) is 9.93. The van der Waals surface area contributed by atoms with E-state index in [2.05, 4.69) is 15.5 Å². The van der Waals surface area contributed by atoms with E-state index in [1.807, 2.05) is 51.1 Å². The number of rotatable bonds is 7. The first-order valence-corrected chi connectivity index (χ1v) is 10.1. The van der Waals surface area contributed by atoms with Crippen LogP contribution in [0.2, 0.25) is 5.02 Å².